The van der Waals surface area contributed by atoms with Gasteiger partial charge in [0.1, 0.15) is 0 Å². The van der Waals surface area contributed by atoms with Crippen molar-refractivity contribution in [2.75, 3.05) is 44.8 Å². The lowest BCUT2D eigenvalue weighted by Gasteiger charge is -2.32. The summed E-state index contributed by atoms with van der Waals surface area (Å²) in [5, 5.41) is 3.39. The van der Waals surface area contributed by atoms with Crippen LogP contribution in [0.5, 0.6) is 0 Å². The van der Waals surface area contributed by atoms with Gasteiger partial charge in [0.05, 0.1) is 6.67 Å². The predicted molar refractivity (Wildman–Crippen MR) is 78.1 cm³/mol. The molecule has 1 aromatic carbocycles. The van der Waals surface area contributed by atoms with Gasteiger partial charge < -0.3 is 10.2 Å². The highest BCUT2D eigenvalue weighted by Crippen LogP contribution is 2.15. The van der Waals surface area contributed by atoms with Gasteiger partial charge >= 0.3 is 0 Å². The summed E-state index contributed by atoms with van der Waals surface area (Å²) in [5.74, 6) is 0. The molecule has 0 unspecified atom stereocenters. The number of anilines is 1. The molecule has 1 fully saturated rings. The minimum atomic E-state index is 1.02. The molecule has 0 atom stereocenters. The summed E-state index contributed by atoms with van der Waals surface area (Å²) >= 11 is 0. The molecular formula is C15H25N3. The highest BCUT2D eigenvalue weighted by Gasteiger charge is 2.11. The van der Waals surface area contributed by atoms with Gasteiger partial charge in [-0.15, -0.1) is 0 Å². The second-order valence-corrected chi connectivity index (χ2v) is 5.12. The maximum absolute atomic E-state index is 3.39. The maximum atomic E-state index is 3.39. The van der Waals surface area contributed by atoms with Crippen molar-refractivity contribution in [1.82, 2.24) is 10.2 Å². The molecule has 0 bridgehead atoms. The summed E-state index contributed by atoms with van der Waals surface area (Å²) in [6, 6.07) is 9.00. The van der Waals surface area contributed by atoms with E-state index in [4.69, 9.17) is 0 Å². The summed E-state index contributed by atoms with van der Waals surface area (Å²) < 4.78 is 0. The topological polar surface area (TPSA) is 18.5 Å². The Morgan fingerprint density at radius 1 is 1.17 bits per heavy atom. The Labute approximate surface area is 111 Å². The van der Waals surface area contributed by atoms with Gasteiger partial charge in [-0.2, -0.15) is 0 Å². The number of nitrogens with zero attached hydrogens (tertiary/aromatic N) is 2. The third kappa shape index (κ3) is 3.72. The highest BCUT2D eigenvalue weighted by atomic mass is 15.3. The van der Waals surface area contributed by atoms with E-state index in [2.05, 4.69) is 53.4 Å². The van der Waals surface area contributed by atoms with E-state index in [0.29, 0.717) is 0 Å². The zero-order chi connectivity index (χ0) is 12.8. The Balaban J connectivity index is 1.89. The van der Waals surface area contributed by atoms with Crippen LogP contribution in [0.4, 0.5) is 5.69 Å². The van der Waals surface area contributed by atoms with Gasteiger partial charge in [0.25, 0.3) is 0 Å². The zero-order valence-corrected chi connectivity index (χ0v) is 11.7. The lowest BCUT2D eigenvalue weighted by atomic mass is 10.1. The molecule has 1 aromatic rings. The third-order valence-electron chi connectivity index (χ3n) is 3.54. The minimum absolute atomic E-state index is 1.02. The van der Waals surface area contributed by atoms with Gasteiger partial charge in [-0.3, -0.25) is 4.90 Å². The second-order valence-electron chi connectivity index (χ2n) is 5.12. The van der Waals surface area contributed by atoms with Crippen LogP contribution in [0.15, 0.2) is 24.3 Å². The number of benzene rings is 1. The largest absolute Gasteiger partial charge is 0.362 e. The summed E-state index contributed by atoms with van der Waals surface area (Å²) in [6.45, 7) is 7.78. The van der Waals surface area contributed by atoms with Crippen molar-refractivity contribution >= 4 is 5.69 Å². The van der Waals surface area contributed by atoms with Crippen molar-refractivity contribution in [2.45, 2.75) is 19.8 Å². The molecular weight excluding hydrogens is 222 g/mol. The standard InChI is InChI=1S/C15H25N3/c1-3-4-14-5-7-15(8-6-14)17(2)13-18-11-9-16-10-12-18/h5-8,16H,3-4,9-13H2,1-2H3. The predicted octanol–water partition coefficient (Wildman–Crippen LogP) is 1.94. The van der Waals surface area contributed by atoms with E-state index in [1.165, 1.54) is 24.1 Å². The Morgan fingerprint density at radius 2 is 1.83 bits per heavy atom. The first-order valence-corrected chi connectivity index (χ1v) is 7.02. The van der Waals surface area contributed by atoms with E-state index in [1.54, 1.807) is 0 Å². The van der Waals surface area contributed by atoms with Crippen LogP contribution >= 0.6 is 0 Å². The monoisotopic (exact) mass is 247 g/mol. The van der Waals surface area contributed by atoms with E-state index >= 15 is 0 Å². The van der Waals surface area contributed by atoms with Gasteiger partial charge in [-0.05, 0) is 24.1 Å². The smallest absolute Gasteiger partial charge is 0.0704 e. The van der Waals surface area contributed by atoms with E-state index in [0.717, 1.165) is 32.8 Å². The Bertz CT molecular complexity index is 341. The van der Waals surface area contributed by atoms with Gasteiger partial charge in [-0.1, -0.05) is 25.5 Å². The Kier molecular flexibility index (Phi) is 5.02. The molecule has 2 rings (SSSR count). The van der Waals surface area contributed by atoms with Crippen LogP contribution in [0, 0.1) is 0 Å². The number of hydrogen-bond acceptors (Lipinski definition) is 3. The van der Waals surface area contributed by atoms with E-state index in [-0.39, 0.29) is 0 Å². The maximum Gasteiger partial charge on any atom is 0.0704 e. The van der Waals surface area contributed by atoms with Crippen LogP contribution in [0.1, 0.15) is 18.9 Å². The number of aryl methyl sites for hydroxylation is 1. The fourth-order valence-electron chi connectivity index (χ4n) is 2.44. The first-order chi connectivity index (χ1) is 8.79. The zero-order valence-electron chi connectivity index (χ0n) is 11.7. The molecule has 0 radical (unpaired) electrons. The molecule has 1 heterocycles. The van der Waals surface area contributed by atoms with Crippen molar-refractivity contribution in [2.24, 2.45) is 0 Å². The normalized spacial score (nSPS) is 16.8. The van der Waals surface area contributed by atoms with Crippen molar-refractivity contribution < 1.29 is 0 Å². The summed E-state index contributed by atoms with van der Waals surface area (Å²) in [6.07, 6.45) is 2.40. The minimum Gasteiger partial charge on any atom is -0.362 e. The number of rotatable bonds is 5. The van der Waals surface area contributed by atoms with E-state index < -0.39 is 0 Å². The van der Waals surface area contributed by atoms with Gasteiger partial charge in [0.2, 0.25) is 0 Å². The van der Waals surface area contributed by atoms with Crippen LogP contribution in [0.2, 0.25) is 0 Å². The quantitative estimate of drug-likeness (QED) is 0.858. The molecule has 0 aromatic heterocycles. The Hall–Kier alpha value is -1.06. The SMILES string of the molecule is CCCc1ccc(N(C)CN2CCNCC2)cc1. The van der Waals surface area contributed by atoms with Gasteiger partial charge in [-0.25, -0.2) is 0 Å². The van der Waals surface area contributed by atoms with Crippen molar-refractivity contribution in [3.8, 4) is 0 Å². The average Bonchev–Trinajstić information content (AvgIpc) is 2.41. The van der Waals surface area contributed by atoms with Crippen LogP contribution in [-0.4, -0.2) is 44.8 Å². The third-order valence-corrected chi connectivity index (χ3v) is 3.54. The molecule has 1 aliphatic heterocycles. The lowest BCUT2D eigenvalue weighted by Crippen LogP contribution is -2.47. The lowest BCUT2D eigenvalue weighted by molar-refractivity contribution is 0.243. The molecule has 0 amide bonds. The molecule has 1 aliphatic rings. The summed E-state index contributed by atoms with van der Waals surface area (Å²) in [4.78, 5) is 4.83. The number of piperazine rings is 1. The molecule has 0 aliphatic carbocycles. The number of nitrogens with one attached hydrogen (secondary N) is 1. The summed E-state index contributed by atoms with van der Waals surface area (Å²) in [5.41, 5.74) is 2.75. The van der Waals surface area contributed by atoms with Gasteiger partial charge in [0.15, 0.2) is 0 Å². The fraction of sp³-hybridized carbons (Fsp3) is 0.600. The molecule has 0 saturated carbocycles. The molecule has 1 saturated heterocycles. The molecule has 1 N–H and O–H groups in total. The first kappa shape index (κ1) is 13.4. The second kappa shape index (κ2) is 6.76. The van der Waals surface area contributed by atoms with E-state index in [9.17, 15) is 0 Å². The highest BCUT2D eigenvalue weighted by molar-refractivity contribution is 5.46. The molecule has 3 nitrogen and oxygen atoms in total. The van der Waals surface area contributed by atoms with Crippen LogP contribution in [0.25, 0.3) is 0 Å². The van der Waals surface area contributed by atoms with Crippen molar-refractivity contribution in [3.05, 3.63) is 29.8 Å². The van der Waals surface area contributed by atoms with Crippen molar-refractivity contribution in [3.63, 3.8) is 0 Å². The molecule has 18 heavy (non-hydrogen) atoms. The molecule has 3 heteroatoms. The Morgan fingerprint density at radius 3 is 2.44 bits per heavy atom. The van der Waals surface area contributed by atoms with Crippen LogP contribution in [-0.2, 0) is 6.42 Å². The fourth-order valence-corrected chi connectivity index (χ4v) is 2.44. The van der Waals surface area contributed by atoms with Crippen LogP contribution in [0.3, 0.4) is 0 Å². The van der Waals surface area contributed by atoms with Crippen LogP contribution < -0.4 is 10.2 Å². The summed E-state index contributed by atoms with van der Waals surface area (Å²) in [7, 11) is 2.18. The number of hydrogen-bond donors (Lipinski definition) is 1. The van der Waals surface area contributed by atoms with Gasteiger partial charge in [0, 0.05) is 38.9 Å². The molecule has 0 spiro atoms. The van der Waals surface area contributed by atoms with Crippen molar-refractivity contribution in [1.29, 1.82) is 0 Å². The molecule has 100 valence electrons. The van der Waals surface area contributed by atoms with E-state index in [1.807, 2.05) is 0 Å². The first-order valence-electron chi connectivity index (χ1n) is 7.02. The average molecular weight is 247 g/mol.